The van der Waals surface area contributed by atoms with E-state index in [2.05, 4.69) is 20.8 Å². The number of aromatic hydroxyl groups is 1. The Morgan fingerprint density at radius 1 is 1.31 bits per heavy atom. The lowest BCUT2D eigenvalue weighted by Crippen LogP contribution is -2.10. The van der Waals surface area contributed by atoms with Gasteiger partial charge in [0.25, 0.3) is 0 Å². The summed E-state index contributed by atoms with van der Waals surface area (Å²) in [5, 5.41) is 9.66. The van der Waals surface area contributed by atoms with Gasteiger partial charge in [0.2, 0.25) is 0 Å². The number of carbonyl (C=O) groups excluding carboxylic acids is 1. The summed E-state index contributed by atoms with van der Waals surface area (Å²) in [5.74, 6) is 0.246. The predicted molar refractivity (Wildman–Crippen MR) is 66.5 cm³/mol. The van der Waals surface area contributed by atoms with Gasteiger partial charge in [-0.15, -0.1) is 0 Å². The third kappa shape index (κ3) is 3.23. The molecule has 0 amide bonds. The van der Waals surface area contributed by atoms with Crippen molar-refractivity contribution in [3.05, 3.63) is 35.4 Å². The summed E-state index contributed by atoms with van der Waals surface area (Å²) in [6.45, 7) is 6.37. The number of hydrogen-bond acceptors (Lipinski definition) is 2. The van der Waals surface area contributed by atoms with Crippen LogP contribution in [0.1, 0.15) is 38.3 Å². The summed E-state index contributed by atoms with van der Waals surface area (Å²) in [7, 11) is 0. The quantitative estimate of drug-likeness (QED) is 0.790. The maximum atomic E-state index is 10.2. The van der Waals surface area contributed by atoms with E-state index in [9.17, 15) is 9.90 Å². The molecule has 0 spiro atoms. The monoisotopic (exact) mass is 218 g/mol. The number of allylic oxidation sites excluding steroid dienone is 1. The van der Waals surface area contributed by atoms with Gasteiger partial charge in [-0.05, 0) is 23.1 Å². The second-order valence-electron chi connectivity index (χ2n) is 4.83. The van der Waals surface area contributed by atoms with E-state index in [0.29, 0.717) is 6.42 Å². The average molecular weight is 218 g/mol. The van der Waals surface area contributed by atoms with Crippen molar-refractivity contribution in [2.24, 2.45) is 0 Å². The Morgan fingerprint density at radius 2 is 2.00 bits per heavy atom. The molecule has 0 aliphatic rings. The molecule has 0 unspecified atom stereocenters. The van der Waals surface area contributed by atoms with Crippen molar-refractivity contribution >= 4 is 12.4 Å². The highest BCUT2D eigenvalue weighted by Crippen LogP contribution is 2.28. The molecule has 1 N–H and O–H groups in total. The molecule has 86 valence electrons. The maximum absolute atomic E-state index is 10.2. The Kier molecular flexibility index (Phi) is 3.88. The molecule has 2 heteroatoms. The van der Waals surface area contributed by atoms with Crippen LogP contribution >= 0.6 is 0 Å². The second kappa shape index (κ2) is 4.97. The van der Waals surface area contributed by atoms with Gasteiger partial charge in [-0.2, -0.15) is 0 Å². The van der Waals surface area contributed by atoms with Crippen molar-refractivity contribution in [2.75, 3.05) is 0 Å². The SMILES string of the molecule is CC(C)(C)c1ccc(O)c(C=CCC=O)c1. The molecule has 1 aromatic rings. The molecule has 1 rings (SSSR count). The molecule has 0 heterocycles. The molecule has 0 bridgehead atoms. The third-order valence-corrected chi connectivity index (χ3v) is 2.42. The van der Waals surface area contributed by atoms with Crippen LogP contribution < -0.4 is 0 Å². The van der Waals surface area contributed by atoms with Gasteiger partial charge in [0, 0.05) is 12.0 Å². The lowest BCUT2D eigenvalue weighted by Gasteiger charge is -2.19. The average Bonchev–Trinajstić information content (AvgIpc) is 2.19. The van der Waals surface area contributed by atoms with Gasteiger partial charge >= 0.3 is 0 Å². The van der Waals surface area contributed by atoms with Crippen molar-refractivity contribution < 1.29 is 9.90 Å². The van der Waals surface area contributed by atoms with E-state index in [1.165, 1.54) is 0 Å². The number of rotatable bonds is 3. The summed E-state index contributed by atoms with van der Waals surface area (Å²) in [5.41, 5.74) is 1.98. The lowest BCUT2D eigenvalue weighted by molar-refractivity contribution is -0.107. The topological polar surface area (TPSA) is 37.3 Å². The summed E-state index contributed by atoms with van der Waals surface area (Å²) in [4.78, 5) is 10.2. The first-order chi connectivity index (χ1) is 7.45. The van der Waals surface area contributed by atoms with Crippen LogP contribution in [0.15, 0.2) is 24.3 Å². The molecule has 16 heavy (non-hydrogen) atoms. The standard InChI is InChI=1S/C14H18O2/c1-14(2,3)12-7-8-13(16)11(10-12)6-4-5-9-15/h4,6-10,16H,5H2,1-3H3. The Morgan fingerprint density at radius 3 is 2.56 bits per heavy atom. The summed E-state index contributed by atoms with van der Waals surface area (Å²) in [6, 6.07) is 5.57. The maximum Gasteiger partial charge on any atom is 0.123 e. The molecule has 1 aromatic carbocycles. The molecule has 0 saturated heterocycles. The van der Waals surface area contributed by atoms with Crippen molar-refractivity contribution in [1.29, 1.82) is 0 Å². The molecule has 0 radical (unpaired) electrons. The number of phenolic OH excluding ortho intramolecular Hbond substituents is 1. The minimum atomic E-state index is 0.0565. The number of aldehydes is 1. The molecule has 0 fully saturated rings. The van der Waals surface area contributed by atoms with Crippen LogP contribution in [-0.4, -0.2) is 11.4 Å². The van der Waals surface area contributed by atoms with E-state index in [-0.39, 0.29) is 11.2 Å². The van der Waals surface area contributed by atoms with Crippen molar-refractivity contribution in [2.45, 2.75) is 32.6 Å². The second-order valence-corrected chi connectivity index (χ2v) is 4.83. The molecule has 2 nitrogen and oxygen atoms in total. The molecule has 0 aromatic heterocycles. The molecule has 0 aliphatic carbocycles. The van der Waals surface area contributed by atoms with E-state index < -0.39 is 0 Å². The summed E-state index contributed by atoms with van der Waals surface area (Å²) in [6.07, 6.45) is 4.73. The number of carbonyl (C=O) groups is 1. The fourth-order valence-electron chi connectivity index (χ4n) is 1.41. The van der Waals surface area contributed by atoms with E-state index >= 15 is 0 Å². The summed E-state index contributed by atoms with van der Waals surface area (Å²) >= 11 is 0. The third-order valence-electron chi connectivity index (χ3n) is 2.42. The normalized spacial score (nSPS) is 11.9. The van der Waals surface area contributed by atoms with Gasteiger partial charge in [-0.3, -0.25) is 0 Å². The van der Waals surface area contributed by atoms with Crippen molar-refractivity contribution in [1.82, 2.24) is 0 Å². The molecule has 0 aliphatic heterocycles. The lowest BCUT2D eigenvalue weighted by atomic mass is 9.86. The zero-order chi connectivity index (χ0) is 12.2. The van der Waals surface area contributed by atoms with Crippen LogP contribution in [0.3, 0.4) is 0 Å². The molecule has 0 atom stereocenters. The number of benzene rings is 1. The molecule has 0 saturated carbocycles. The predicted octanol–water partition coefficient (Wildman–Crippen LogP) is 3.29. The largest absolute Gasteiger partial charge is 0.507 e. The highest BCUT2D eigenvalue weighted by atomic mass is 16.3. The molecular formula is C14H18O2. The van der Waals surface area contributed by atoms with Crippen LogP contribution in [0.5, 0.6) is 5.75 Å². The highest BCUT2D eigenvalue weighted by Gasteiger charge is 2.14. The Labute approximate surface area is 96.6 Å². The first kappa shape index (κ1) is 12.5. The van der Waals surface area contributed by atoms with Crippen molar-refractivity contribution in [3.8, 4) is 5.75 Å². The fourth-order valence-corrected chi connectivity index (χ4v) is 1.41. The van der Waals surface area contributed by atoms with Gasteiger partial charge < -0.3 is 9.90 Å². The zero-order valence-electron chi connectivity index (χ0n) is 10.0. The Balaban J connectivity index is 3.04. The van der Waals surface area contributed by atoms with E-state index in [4.69, 9.17) is 0 Å². The van der Waals surface area contributed by atoms with Gasteiger partial charge in [-0.25, -0.2) is 0 Å². The van der Waals surface area contributed by atoms with Crippen LogP contribution in [0.4, 0.5) is 0 Å². The summed E-state index contributed by atoms with van der Waals surface area (Å²) < 4.78 is 0. The van der Waals surface area contributed by atoms with Gasteiger partial charge in [0.05, 0.1) is 0 Å². The van der Waals surface area contributed by atoms with Crippen LogP contribution in [0.2, 0.25) is 0 Å². The minimum Gasteiger partial charge on any atom is -0.507 e. The van der Waals surface area contributed by atoms with Gasteiger partial charge in [-0.1, -0.05) is 39.0 Å². The van der Waals surface area contributed by atoms with Crippen LogP contribution in [0, 0.1) is 0 Å². The van der Waals surface area contributed by atoms with Crippen LogP contribution in [-0.2, 0) is 10.2 Å². The van der Waals surface area contributed by atoms with Crippen molar-refractivity contribution in [3.63, 3.8) is 0 Å². The number of hydrogen-bond donors (Lipinski definition) is 1. The zero-order valence-corrected chi connectivity index (χ0v) is 10.0. The number of phenols is 1. The smallest absolute Gasteiger partial charge is 0.123 e. The van der Waals surface area contributed by atoms with E-state index in [1.807, 2.05) is 12.1 Å². The first-order valence-corrected chi connectivity index (χ1v) is 5.39. The fraction of sp³-hybridized carbons (Fsp3) is 0.357. The highest BCUT2D eigenvalue weighted by molar-refractivity contribution is 5.62. The Hall–Kier alpha value is -1.57. The van der Waals surface area contributed by atoms with E-state index in [1.54, 1.807) is 18.2 Å². The first-order valence-electron chi connectivity index (χ1n) is 5.39. The van der Waals surface area contributed by atoms with E-state index in [0.717, 1.165) is 17.4 Å². The van der Waals surface area contributed by atoms with Gasteiger partial charge in [0.15, 0.2) is 0 Å². The molecular weight excluding hydrogens is 200 g/mol. The van der Waals surface area contributed by atoms with Gasteiger partial charge in [0.1, 0.15) is 12.0 Å². The Bertz CT molecular complexity index is 398. The minimum absolute atomic E-state index is 0.0565. The van der Waals surface area contributed by atoms with Crippen LogP contribution in [0.25, 0.3) is 6.08 Å².